The number of aryl methyl sites for hydroxylation is 2. The molecule has 10 heteroatoms. The SMILES string of the molecule is Cc1cc(NNc2ccc(N3CCCCC3)s2)ccc1NNc1ccc(NNc2nccs2)c(C)c1. The highest BCUT2D eigenvalue weighted by molar-refractivity contribution is 7.20. The first-order chi connectivity index (χ1) is 17.6. The third kappa shape index (κ3) is 6.13. The largest absolute Gasteiger partial charge is 0.363 e. The van der Waals surface area contributed by atoms with Gasteiger partial charge in [0.1, 0.15) is 5.00 Å². The molecule has 0 radical (unpaired) electrons. The second kappa shape index (κ2) is 11.4. The number of piperidine rings is 1. The maximum Gasteiger partial charge on any atom is 0.201 e. The first kappa shape index (κ1) is 24.1. The molecular formula is C26H32N8S2. The molecule has 188 valence electrons. The van der Waals surface area contributed by atoms with Crippen LogP contribution in [0.15, 0.2) is 60.1 Å². The van der Waals surface area contributed by atoms with Crippen LogP contribution in [-0.4, -0.2) is 18.1 Å². The number of thiazole rings is 1. The van der Waals surface area contributed by atoms with Crippen molar-refractivity contribution >= 4 is 60.6 Å². The number of thiophene rings is 1. The minimum absolute atomic E-state index is 0.833. The lowest BCUT2D eigenvalue weighted by Gasteiger charge is -2.27. The van der Waals surface area contributed by atoms with E-state index in [1.54, 1.807) is 28.9 Å². The molecule has 1 fully saturated rings. The van der Waals surface area contributed by atoms with Crippen LogP contribution >= 0.6 is 22.7 Å². The van der Waals surface area contributed by atoms with E-state index in [-0.39, 0.29) is 0 Å². The van der Waals surface area contributed by atoms with E-state index in [0.29, 0.717) is 0 Å². The zero-order valence-electron chi connectivity index (χ0n) is 20.5. The fraction of sp³-hybridized carbons (Fsp3) is 0.269. The summed E-state index contributed by atoms with van der Waals surface area (Å²) in [6, 6.07) is 16.8. The van der Waals surface area contributed by atoms with Gasteiger partial charge >= 0.3 is 0 Å². The van der Waals surface area contributed by atoms with Crippen LogP contribution in [0.1, 0.15) is 30.4 Å². The Morgan fingerprint density at radius 1 is 0.722 bits per heavy atom. The summed E-state index contributed by atoms with van der Waals surface area (Å²) < 4.78 is 0. The summed E-state index contributed by atoms with van der Waals surface area (Å²) >= 11 is 3.35. The van der Waals surface area contributed by atoms with Crippen LogP contribution in [0.4, 0.5) is 37.9 Å². The van der Waals surface area contributed by atoms with Gasteiger partial charge in [0.2, 0.25) is 5.13 Å². The van der Waals surface area contributed by atoms with Crippen molar-refractivity contribution in [2.75, 3.05) is 50.5 Å². The lowest BCUT2D eigenvalue weighted by molar-refractivity contribution is 0.580. The minimum atomic E-state index is 0.833. The molecule has 1 aliphatic heterocycles. The second-order valence-corrected chi connectivity index (χ2v) is 10.8. The molecule has 1 aliphatic rings. The van der Waals surface area contributed by atoms with E-state index >= 15 is 0 Å². The number of hydrogen-bond acceptors (Lipinski definition) is 10. The van der Waals surface area contributed by atoms with Gasteiger partial charge in [-0.15, -0.1) is 11.3 Å². The molecule has 3 heterocycles. The molecule has 0 amide bonds. The van der Waals surface area contributed by atoms with E-state index in [0.717, 1.165) is 44.0 Å². The summed E-state index contributed by atoms with van der Waals surface area (Å²) in [5.74, 6) is 0. The number of hydrogen-bond donors (Lipinski definition) is 6. The number of aromatic nitrogens is 1. The number of benzene rings is 2. The fourth-order valence-electron chi connectivity index (χ4n) is 4.12. The summed E-state index contributed by atoms with van der Waals surface area (Å²) in [4.78, 5) is 6.70. The number of nitrogens with zero attached hydrogens (tertiary/aromatic N) is 2. The zero-order valence-corrected chi connectivity index (χ0v) is 22.2. The molecular weight excluding hydrogens is 488 g/mol. The number of nitrogens with one attached hydrogen (secondary N) is 6. The van der Waals surface area contributed by atoms with Gasteiger partial charge in [-0.25, -0.2) is 4.98 Å². The first-order valence-electron chi connectivity index (χ1n) is 12.2. The van der Waals surface area contributed by atoms with E-state index < -0.39 is 0 Å². The van der Waals surface area contributed by atoms with Gasteiger partial charge in [-0.2, -0.15) is 0 Å². The summed E-state index contributed by atoms with van der Waals surface area (Å²) in [5.41, 5.74) is 25.9. The number of hydrazine groups is 3. The Bertz CT molecular complexity index is 1260. The molecule has 0 atom stereocenters. The predicted octanol–water partition coefficient (Wildman–Crippen LogP) is 7.13. The average Bonchev–Trinajstić information content (AvgIpc) is 3.59. The minimum Gasteiger partial charge on any atom is -0.363 e. The van der Waals surface area contributed by atoms with Gasteiger partial charge in [0.25, 0.3) is 0 Å². The summed E-state index contributed by atoms with van der Waals surface area (Å²) in [7, 11) is 0. The molecule has 8 nitrogen and oxygen atoms in total. The van der Waals surface area contributed by atoms with Crippen LogP contribution in [0.3, 0.4) is 0 Å². The summed E-state index contributed by atoms with van der Waals surface area (Å²) in [6.45, 7) is 6.50. The highest BCUT2D eigenvalue weighted by Gasteiger charge is 2.13. The van der Waals surface area contributed by atoms with Crippen LogP contribution in [0.5, 0.6) is 0 Å². The van der Waals surface area contributed by atoms with Gasteiger partial charge in [-0.1, -0.05) is 11.3 Å². The molecule has 2 aromatic heterocycles. The molecule has 5 rings (SSSR count). The third-order valence-corrected chi connectivity index (χ3v) is 7.87. The smallest absolute Gasteiger partial charge is 0.201 e. The number of rotatable bonds is 10. The van der Waals surface area contributed by atoms with E-state index in [4.69, 9.17) is 0 Å². The van der Waals surface area contributed by atoms with Crippen molar-refractivity contribution in [1.29, 1.82) is 0 Å². The summed E-state index contributed by atoms with van der Waals surface area (Å²) in [5, 5.41) is 5.23. The molecule has 4 aromatic rings. The maximum atomic E-state index is 4.21. The molecule has 6 N–H and O–H groups in total. The molecule has 0 saturated carbocycles. The van der Waals surface area contributed by atoms with Crippen LogP contribution in [0.2, 0.25) is 0 Å². The first-order valence-corrected chi connectivity index (χ1v) is 13.9. The lowest BCUT2D eigenvalue weighted by Crippen LogP contribution is -2.28. The molecule has 36 heavy (non-hydrogen) atoms. The Kier molecular flexibility index (Phi) is 7.63. The van der Waals surface area contributed by atoms with Gasteiger partial charge in [0.15, 0.2) is 0 Å². The third-order valence-electron chi connectivity index (χ3n) is 6.12. The predicted molar refractivity (Wildman–Crippen MR) is 157 cm³/mol. The Balaban J connectivity index is 1.12. The van der Waals surface area contributed by atoms with Gasteiger partial charge in [0.05, 0.1) is 27.8 Å². The lowest BCUT2D eigenvalue weighted by atomic mass is 10.1. The highest BCUT2D eigenvalue weighted by atomic mass is 32.1. The molecule has 1 saturated heterocycles. The Labute approximate surface area is 220 Å². The van der Waals surface area contributed by atoms with Gasteiger partial charge in [-0.3, -0.25) is 16.3 Å². The van der Waals surface area contributed by atoms with Crippen molar-refractivity contribution in [1.82, 2.24) is 4.98 Å². The van der Waals surface area contributed by atoms with Crippen molar-refractivity contribution in [2.24, 2.45) is 0 Å². The quantitative estimate of drug-likeness (QED) is 0.123. The Morgan fingerprint density at radius 2 is 1.39 bits per heavy atom. The second-order valence-electron chi connectivity index (χ2n) is 8.83. The topological polar surface area (TPSA) is 88.3 Å². The van der Waals surface area contributed by atoms with Gasteiger partial charge < -0.3 is 21.2 Å². The van der Waals surface area contributed by atoms with Crippen molar-refractivity contribution in [2.45, 2.75) is 33.1 Å². The van der Waals surface area contributed by atoms with Crippen LogP contribution in [0, 0.1) is 13.8 Å². The maximum absolute atomic E-state index is 4.21. The molecule has 0 spiro atoms. The van der Waals surface area contributed by atoms with E-state index in [2.05, 4.69) is 92.7 Å². The Morgan fingerprint density at radius 3 is 2.03 bits per heavy atom. The van der Waals surface area contributed by atoms with Crippen molar-refractivity contribution in [3.8, 4) is 0 Å². The summed E-state index contributed by atoms with van der Waals surface area (Å²) in [6.07, 6.45) is 5.71. The number of anilines is 7. The molecule has 0 aliphatic carbocycles. The van der Waals surface area contributed by atoms with Crippen molar-refractivity contribution in [3.05, 3.63) is 71.2 Å². The van der Waals surface area contributed by atoms with Crippen LogP contribution < -0.4 is 37.5 Å². The van der Waals surface area contributed by atoms with E-state index in [9.17, 15) is 0 Å². The van der Waals surface area contributed by atoms with Gasteiger partial charge in [0, 0.05) is 24.7 Å². The highest BCUT2D eigenvalue weighted by Crippen LogP contribution is 2.32. The van der Waals surface area contributed by atoms with Crippen molar-refractivity contribution in [3.63, 3.8) is 0 Å². The average molecular weight is 521 g/mol. The standard InChI is InChI=1S/C26H32N8S2/c1-18-17-21(29-32-24-10-11-25(36-24)34-13-4-3-5-14-34)7-8-22(18)30-28-20-6-9-23(19(2)16-20)31-33-26-27-12-15-35-26/h6-12,15-17,28-32H,3-5,13-14H2,1-2H3,(H,27,33). The zero-order chi connectivity index (χ0) is 24.7. The Hall–Kier alpha value is -3.63. The molecule has 0 bridgehead atoms. The molecule has 2 aromatic carbocycles. The normalized spacial score (nSPS) is 13.2. The van der Waals surface area contributed by atoms with Crippen molar-refractivity contribution < 1.29 is 0 Å². The van der Waals surface area contributed by atoms with E-state index in [1.807, 2.05) is 17.5 Å². The van der Waals surface area contributed by atoms with Crippen LogP contribution in [0.25, 0.3) is 0 Å². The monoisotopic (exact) mass is 520 g/mol. The van der Waals surface area contributed by atoms with Gasteiger partial charge in [-0.05, 0) is 92.8 Å². The van der Waals surface area contributed by atoms with Crippen LogP contribution in [-0.2, 0) is 0 Å². The van der Waals surface area contributed by atoms with E-state index in [1.165, 1.54) is 37.4 Å². The fourth-order valence-corrected chi connectivity index (χ4v) is 5.52. The molecule has 0 unspecified atom stereocenters.